The smallest absolute Gasteiger partial charge is 0.266 e. The van der Waals surface area contributed by atoms with Crippen molar-refractivity contribution in [3.63, 3.8) is 0 Å². The minimum Gasteiger partial charge on any atom is -0.369 e. The van der Waals surface area contributed by atoms with E-state index in [1.165, 1.54) is 31.4 Å². The molecule has 32 heavy (non-hydrogen) atoms. The van der Waals surface area contributed by atoms with Crippen molar-refractivity contribution in [1.29, 1.82) is 5.26 Å². The largest absolute Gasteiger partial charge is 0.369 e. The van der Waals surface area contributed by atoms with Crippen LogP contribution in [0.5, 0.6) is 0 Å². The van der Waals surface area contributed by atoms with Gasteiger partial charge in [0.05, 0.1) is 11.6 Å². The highest BCUT2D eigenvalue weighted by Crippen LogP contribution is 2.41. The number of benzene rings is 2. The molecule has 6 nitrogen and oxygen atoms in total. The van der Waals surface area contributed by atoms with Gasteiger partial charge in [-0.2, -0.15) is 5.26 Å². The molecule has 0 saturated carbocycles. The molecule has 2 N–H and O–H groups in total. The van der Waals surface area contributed by atoms with Gasteiger partial charge in [0.15, 0.2) is 11.5 Å². The molecule has 1 aliphatic rings. The van der Waals surface area contributed by atoms with E-state index in [0.717, 1.165) is 23.2 Å². The van der Waals surface area contributed by atoms with E-state index in [0.29, 0.717) is 11.1 Å². The Hall–Kier alpha value is -4.19. The number of rotatable bonds is 4. The third-order valence-electron chi connectivity index (χ3n) is 5.36. The number of guanidine groups is 1. The molecule has 3 aromatic rings. The van der Waals surface area contributed by atoms with Gasteiger partial charge in [0, 0.05) is 36.1 Å². The summed E-state index contributed by atoms with van der Waals surface area (Å²) in [6, 6.07) is 13.4. The molecular weight excluding hydrogens is 419 g/mol. The first-order chi connectivity index (χ1) is 15.3. The number of halogens is 3. The molecule has 0 radical (unpaired) electrons. The quantitative estimate of drug-likeness (QED) is 0.676. The Morgan fingerprint density at radius 1 is 1.12 bits per heavy atom. The summed E-state index contributed by atoms with van der Waals surface area (Å²) >= 11 is 0. The average Bonchev–Trinajstić information content (AvgIpc) is 3.04. The van der Waals surface area contributed by atoms with Gasteiger partial charge < -0.3 is 5.73 Å². The predicted molar refractivity (Wildman–Crippen MR) is 111 cm³/mol. The van der Waals surface area contributed by atoms with Gasteiger partial charge in [0.2, 0.25) is 0 Å². The number of amides is 1. The minimum absolute atomic E-state index is 0.0796. The van der Waals surface area contributed by atoms with Crippen molar-refractivity contribution in [1.82, 2.24) is 9.88 Å². The maximum atomic E-state index is 14.8. The van der Waals surface area contributed by atoms with Crippen molar-refractivity contribution in [2.45, 2.75) is 12.0 Å². The second kappa shape index (κ2) is 7.81. The Kier molecular flexibility index (Phi) is 5.14. The molecule has 2 aromatic carbocycles. The van der Waals surface area contributed by atoms with Crippen LogP contribution >= 0.6 is 0 Å². The molecule has 2 heterocycles. The van der Waals surface area contributed by atoms with Crippen LogP contribution in [-0.2, 0) is 10.3 Å². The third kappa shape index (κ3) is 3.26. The summed E-state index contributed by atoms with van der Waals surface area (Å²) in [7, 11) is 1.41. The predicted octanol–water partition coefficient (Wildman–Crippen LogP) is 3.73. The van der Waals surface area contributed by atoms with Crippen molar-refractivity contribution >= 4 is 11.9 Å². The van der Waals surface area contributed by atoms with Crippen molar-refractivity contribution in [2.24, 2.45) is 10.7 Å². The molecule has 4 rings (SSSR count). The van der Waals surface area contributed by atoms with Gasteiger partial charge in [-0.15, -0.1) is 0 Å². The fourth-order valence-electron chi connectivity index (χ4n) is 3.69. The zero-order chi connectivity index (χ0) is 23.0. The first kappa shape index (κ1) is 21.1. The number of aliphatic imine (C=N–C) groups is 1. The van der Waals surface area contributed by atoms with Gasteiger partial charge in [-0.05, 0) is 41.5 Å². The normalized spacial score (nSPS) is 18.1. The average molecular weight is 435 g/mol. The number of likely N-dealkylation sites (N-methyl/N-ethyl adjacent to an activating group) is 1. The van der Waals surface area contributed by atoms with Gasteiger partial charge in [0.1, 0.15) is 5.82 Å². The van der Waals surface area contributed by atoms with Gasteiger partial charge in [-0.25, -0.2) is 18.2 Å². The molecule has 0 fully saturated rings. The fourth-order valence-corrected chi connectivity index (χ4v) is 3.69. The van der Waals surface area contributed by atoms with Gasteiger partial charge in [0.25, 0.3) is 12.3 Å². The van der Waals surface area contributed by atoms with Crippen LogP contribution < -0.4 is 5.73 Å². The molecule has 1 unspecified atom stereocenters. The fraction of sp³-hybridized carbons (Fsp3) is 0.130. The Balaban J connectivity index is 1.98. The second-order valence-corrected chi connectivity index (χ2v) is 7.24. The number of carbonyl (C=O) groups is 1. The molecule has 1 amide bonds. The van der Waals surface area contributed by atoms with Crippen molar-refractivity contribution in [3.8, 4) is 17.2 Å². The molecular formula is C23H16F3N5O. The van der Waals surface area contributed by atoms with Crippen LogP contribution in [0.1, 0.15) is 28.7 Å². The summed E-state index contributed by atoms with van der Waals surface area (Å²) in [4.78, 5) is 22.6. The summed E-state index contributed by atoms with van der Waals surface area (Å²) in [5.41, 5.74) is 4.87. The van der Waals surface area contributed by atoms with E-state index >= 15 is 0 Å². The minimum atomic E-state index is -2.81. The lowest BCUT2D eigenvalue weighted by atomic mass is 9.82. The highest BCUT2D eigenvalue weighted by atomic mass is 19.3. The maximum Gasteiger partial charge on any atom is 0.266 e. The Bertz CT molecular complexity index is 1300. The lowest BCUT2D eigenvalue weighted by Gasteiger charge is -2.26. The Morgan fingerprint density at radius 2 is 1.91 bits per heavy atom. The van der Waals surface area contributed by atoms with Crippen LogP contribution in [0.3, 0.4) is 0 Å². The number of aromatic nitrogens is 1. The zero-order valence-corrected chi connectivity index (χ0v) is 16.8. The summed E-state index contributed by atoms with van der Waals surface area (Å²) in [5.74, 6) is -1.30. The van der Waals surface area contributed by atoms with E-state index in [-0.39, 0.29) is 28.2 Å². The highest BCUT2D eigenvalue weighted by Gasteiger charge is 2.50. The third-order valence-corrected chi connectivity index (χ3v) is 5.36. The monoisotopic (exact) mass is 435 g/mol. The van der Waals surface area contributed by atoms with E-state index in [1.54, 1.807) is 18.2 Å². The number of alkyl halides is 2. The van der Waals surface area contributed by atoms with Gasteiger partial charge >= 0.3 is 0 Å². The zero-order valence-electron chi connectivity index (χ0n) is 16.8. The van der Waals surface area contributed by atoms with Crippen molar-refractivity contribution in [2.75, 3.05) is 7.05 Å². The van der Waals surface area contributed by atoms with E-state index in [4.69, 9.17) is 11.0 Å². The standard InChI is InChI=1S/C23H16F3N5O/c1-31-21(32)23(30-22(31)28,17-8-15(20(25)26)11-29-12-17)16-5-6-19(24)18(9-16)14-4-2-3-13(7-14)10-27/h2-9,11-12,20H,1H3,(H2,28,30). The number of nitrogens with two attached hydrogens (primary N) is 1. The second-order valence-electron chi connectivity index (χ2n) is 7.24. The molecule has 1 aromatic heterocycles. The van der Waals surface area contributed by atoms with Crippen molar-refractivity contribution < 1.29 is 18.0 Å². The van der Waals surface area contributed by atoms with E-state index < -0.39 is 23.7 Å². The Morgan fingerprint density at radius 3 is 2.56 bits per heavy atom. The van der Waals surface area contributed by atoms with Crippen LogP contribution in [-0.4, -0.2) is 28.8 Å². The summed E-state index contributed by atoms with van der Waals surface area (Å²) in [6.45, 7) is 0. The van der Waals surface area contributed by atoms with Crippen LogP contribution in [0.15, 0.2) is 65.9 Å². The number of hydrogen-bond acceptors (Lipinski definition) is 5. The van der Waals surface area contributed by atoms with Crippen LogP contribution in [0.25, 0.3) is 11.1 Å². The number of nitrogens with zero attached hydrogens (tertiary/aromatic N) is 4. The molecule has 9 heteroatoms. The lowest BCUT2D eigenvalue weighted by Crippen LogP contribution is -2.41. The molecule has 1 aliphatic heterocycles. The number of hydrogen-bond donors (Lipinski definition) is 1. The van der Waals surface area contributed by atoms with Crippen molar-refractivity contribution in [3.05, 3.63) is 89.0 Å². The highest BCUT2D eigenvalue weighted by molar-refractivity contribution is 6.09. The molecule has 0 spiro atoms. The number of pyridine rings is 1. The van der Waals surface area contributed by atoms with Crippen LogP contribution in [0.4, 0.5) is 13.2 Å². The number of carbonyl (C=O) groups excluding carboxylic acids is 1. The summed E-state index contributed by atoms with van der Waals surface area (Å²) < 4.78 is 41.5. The van der Waals surface area contributed by atoms with Crippen LogP contribution in [0.2, 0.25) is 0 Å². The lowest BCUT2D eigenvalue weighted by molar-refractivity contribution is -0.129. The topological polar surface area (TPSA) is 95.4 Å². The number of nitriles is 1. The molecule has 0 aliphatic carbocycles. The summed E-state index contributed by atoms with van der Waals surface area (Å²) in [5, 5.41) is 9.17. The first-order valence-corrected chi connectivity index (χ1v) is 9.45. The molecule has 1 atom stereocenters. The van der Waals surface area contributed by atoms with Gasteiger partial charge in [-0.1, -0.05) is 18.2 Å². The molecule has 160 valence electrons. The Labute approximate surface area is 181 Å². The van der Waals surface area contributed by atoms with Gasteiger partial charge in [-0.3, -0.25) is 14.7 Å². The SMILES string of the molecule is CN1C(=O)C(c2cncc(C(F)F)c2)(c2ccc(F)c(-c3cccc(C#N)c3)c2)N=C1N. The van der Waals surface area contributed by atoms with E-state index in [9.17, 15) is 18.0 Å². The van der Waals surface area contributed by atoms with E-state index in [1.807, 2.05) is 6.07 Å². The maximum absolute atomic E-state index is 14.8. The van der Waals surface area contributed by atoms with Crippen LogP contribution in [0, 0.1) is 17.1 Å². The molecule has 0 bridgehead atoms. The first-order valence-electron chi connectivity index (χ1n) is 9.45. The van der Waals surface area contributed by atoms with E-state index in [2.05, 4.69) is 9.98 Å². The summed E-state index contributed by atoms with van der Waals surface area (Å²) in [6.07, 6.45) is -0.548. The molecule has 0 saturated heterocycles.